The molecule has 162 valence electrons. The van der Waals surface area contributed by atoms with Crippen LogP contribution in [-0.4, -0.2) is 45.7 Å². The van der Waals surface area contributed by atoms with E-state index in [1.54, 1.807) is 48.7 Å². The SMILES string of the molecule is C=CC(=O)Nc1ccc(C(=O)N2CC[C@@H](Cc3ncc4ccc(C(N)=O)cc4n3)C2)cc1. The molecule has 1 saturated heterocycles. The summed E-state index contributed by atoms with van der Waals surface area (Å²) in [6.07, 6.45) is 4.45. The third-order valence-electron chi connectivity index (χ3n) is 5.55. The van der Waals surface area contributed by atoms with Crippen LogP contribution < -0.4 is 11.1 Å². The van der Waals surface area contributed by atoms with Crippen molar-refractivity contribution in [2.75, 3.05) is 18.4 Å². The second kappa shape index (κ2) is 8.97. The summed E-state index contributed by atoms with van der Waals surface area (Å²) in [5.41, 5.74) is 7.64. The van der Waals surface area contributed by atoms with E-state index in [1.807, 2.05) is 4.90 Å². The van der Waals surface area contributed by atoms with Crippen LogP contribution in [0.3, 0.4) is 0 Å². The number of carbonyl (C=O) groups is 3. The first-order valence-corrected chi connectivity index (χ1v) is 10.3. The second-order valence-corrected chi connectivity index (χ2v) is 7.80. The van der Waals surface area contributed by atoms with Crippen molar-refractivity contribution in [2.45, 2.75) is 12.8 Å². The lowest BCUT2D eigenvalue weighted by molar-refractivity contribution is -0.111. The summed E-state index contributed by atoms with van der Waals surface area (Å²) in [6, 6.07) is 11.9. The summed E-state index contributed by atoms with van der Waals surface area (Å²) in [5.74, 6) is 0.101. The van der Waals surface area contributed by atoms with Gasteiger partial charge >= 0.3 is 0 Å². The topological polar surface area (TPSA) is 118 Å². The van der Waals surface area contributed by atoms with Crippen molar-refractivity contribution in [3.05, 3.63) is 78.3 Å². The number of fused-ring (bicyclic) bond motifs is 1. The number of likely N-dealkylation sites (tertiary alicyclic amines) is 1. The highest BCUT2D eigenvalue weighted by Crippen LogP contribution is 2.23. The molecule has 8 heteroatoms. The molecule has 1 aliphatic rings. The molecule has 1 fully saturated rings. The van der Waals surface area contributed by atoms with Gasteiger partial charge < -0.3 is 16.0 Å². The van der Waals surface area contributed by atoms with Gasteiger partial charge in [-0.1, -0.05) is 12.6 Å². The number of aromatic nitrogens is 2. The van der Waals surface area contributed by atoms with Crippen LogP contribution in [0.1, 0.15) is 33.0 Å². The molecule has 3 N–H and O–H groups in total. The van der Waals surface area contributed by atoms with E-state index in [9.17, 15) is 14.4 Å². The minimum Gasteiger partial charge on any atom is -0.366 e. The fourth-order valence-corrected chi connectivity index (χ4v) is 3.83. The van der Waals surface area contributed by atoms with Crippen LogP contribution in [0.25, 0.3) is 10.9 Å². The van der Waals surface area contributed by atoms with Gasteiger partial charge in [0.1, 0.15) is 5.82 Å². The highest BCUT2D eigenvalue weighted by atomic mass is 16.2. The highest BCUT2D eigenvalue weighted by Gasteiger charge is 2.27. The number of hydrogen-bond donors (Lipinski definition) is 2. The zero-order valence-corrected chi connectivity index (χ0v) is 17.5. The van der Waals surface area contributed by atoms with E-state index in [0.29, 0.717) is 47.7 Å². The van der Waals surface area contributed by atoms with Crippen molar-refractivity contribution in [3.8, 4) is 0 Å². The first-order valence-electron chi connectivity index (χ1n) is 10.3. The van der Waals surface area contributed by atoms with Crippen molar-refractivity contribution < 1.29 is 14.4 Å². The van der Waals surface area contributed by atoms with Crippen LogP contribution in [0, 0.1) is 5.92 Å². The Labute approximate surface area is 185 Å². The molecule has 0 bridgehead atoms. The third-order valence-corrected chi connectivity index (χ3v) is 5.55. The zero-order chi connectivity index (χ0) is 22.7. The number of amides is 3. The smallest absolute Gasteiger partial charge is 0.253 e. The van der Waals surface area contributed by atoms with Gasteiger partial charge in [0, 0.05) is 47.9 Å². The normalized spacial score (nSPS) is 15.5. The number of hydrogen-bond acceptors (Lipinski definition) is 5. The van der Waals surface area contributed by atoms with Crippen LogP contribution in [0.5, 0.6) is 0 Å². The van der Waals surface area contributed by atoms with Gasteiger partial charge in [-0.05, 0) is 54.8 Å². The molecule has 2 heterocycles. The Morgan fingerprint density at radius 1 is 1.16 bits per heavy atom. The number of rotatable bonds is 6. The van der Waals surface area contributed by atoms with Gasteiger partial charge in [0.25, 0.3) is 5.91 Å². The minimum absolute atomic E-state index is 0.0420. The summed E-state index contributed by atoms with van der Waals surface area (Å²) < 4.78 is 0. The Bertz CT molecular complexity index is 1210. The molecule has 0 aliphatic carbocycles. The number of benzene rings is 2. The maximum atomic E-state index is 12.9. The van der Waals surface area contributed by atoms with Gasteiger partial charge in [0.2, 0.25) is 11.8 Å². The fraction of sp³-hybridized carbons (Fsp3) is 0.208. The largest absolute Gasteiger partial charge is 0.366 e. The molecule has 0 radical (unpaired) electrons. The highest BCUT2D eigenvalue weighted by molar-refractivity contribution is 6.00. The molecule has 8 nitrogen and oxygen atoms in total. The molecular weight excluding hydrogens is 406 g/mol. The van der Waals surface area contributed by atoms with Crippen molar-refractivity contribution in [3.63, 3.8) is 0 Å². The van der Waals surface area contributed by atoms with E-state index in [4.69, 9.17) is 5.73 Å². The molecule has 4 rings (SSSR count). The van der Waals surface area contributed by atoms with Gasteiger partial charge in [-0.15, -0.1) is 0 Å². The number of anilines is 1. The van der Waals surface area contributed by atoms with E-state index in [1.165, 1.54) is 6.08 Å². The van der Waals surface area contributed by atoms with Crippen LogP contribution >= 0.6 is 0 Å². The third kappa shape index (κ3) is 4.64. The van der Waals surface area contributed by atoms with Gasteiger partial charge in [0.15, 0.2) is 0 Å². The van der Waals surface area contributed by atoms with Crippen LogP contribution in [0.4, 0.5) is 5.69 Å². The molecule has 0 spiro atoms. The van der Waals surface area contributed by atoms with Crippen molar-refractivity contribution in [1.82, 2.24) is 14.9 Å². The minimum atomic E-state index is -0.492. The van der Waals surface area contributed by atoms with Gasteiger partial charge in [-0.2, -0.15) is 0 Å². The van der Waals surface area contributed by atoms with E-state index in [0.717, 1.165) is 11.8 Å². The number of primary amides is 1. The Kier molecular flexibility index (Phi) is 5.93. The molecule has 1 aromatic heterocycles. The summed E-state index contributed by atoms with van der Waals surface area (Å²) in [4.78, 5) is 46.5. The lowest BCUT2D eigenvalue weighted by atomic mass is 10.0. The lowest BCUT2D eigenvalue weighted by Gasteiger charge is -2.17. The summed E-state index contributed by atoms with van der Waals surface area (Å²) in [6.45, 7) is 4.70. The van der Waals surface area contributed by atoms with Gasteiger partial charge in [-0.25, -0.2) is 9.97 Å². The van der Waals surface area contributed by atoms with E-state index < -0.39 is 5.91 Å². The fourth-order valence-electron chi connectivity index (χ4n) is 3.83. The Morgan fingerprint density at radius 2 is 1.91 bits per heavy atom. The van der Waals surface area contributed by atoms with Crippen LogP contribution in [-0.2, 0) is 11.2 Å². The molecule has 0 unspecified atom stereocenters. The summed E-state index contributed by atoms with van der Waals surface area (Å²) in [7, 11) is 0. The van der Waals surface area contributed by atoms with Crippen LogP contribution in [0.2, 0.25) is 0 Å². The second-order valence-electron chi connectivity index (χ2n) is 7.80. The van der Waals surface area contributed by atoms with Crippen molar-refractivity contribution in [2.24, 2.45) is 11.7 Å². The number of carbonyl (C=O) groups excluding carboxylic acids is 3. The summed E-state index contributed by atoms with van der Waals surface area (Å²) >= 11 is 0. The summed E-state index contributed by atoms with van der Waals surface area (Å²) in [5, 5.41) is 3.50. The average Bonchev–Trinajstić information content (AvgIpc) is 3.27. The number of nitrogens with zero attached hydrogens (tertiary/aromatic N) is 3. The Morgan fingerprint density at radius 3 is 2.62 bits per heavy atom. The molecular formula is C24H23N5O3. The average molecular weight is 429 g/mol. The van der Waals surface area contributed by atoms with Crippen molar-refractivity contribution >= 4 is 34.3 Å². The van der Waals surface area contributed by atoms with Crippen LogP contribution in [0.15, 0.2) is 61.3 Å². The maximum absolute atomic E-state index is 12.9. The quantitative estimate of drug-likeness (QED) is 0.584. The molecule has 3 aromatic rings. The molecule has 1 atom stereocenters. The first-order chi connectivity index (χ1) is 15.4. The predicted molar refractivity (Wildman–Crippen MR) is 121 cm³/mol. The van der Waals surface area contributed by atoms with E-state index in [-0.39, 0.29) is 17.7 Å². The predicted octanol–water partition coefficient (Wildman–Crippen LogP) is 2.56. The van der Waals surface area contributed by atoms with E-state index >= 15 is 0 Å². The van der Waals surface area contributed by atoms with Gasteiger partial charge in [-0.3, -0.25) is 14.4 Å². The van der Waals surface area contributed by atoms with E-state index in [2.05, 4.69) is 21.9 Å². The Hall–Kier alpha value is -4.07. The number of nitrogens with one attached hydrogen (secondary N) is 1. The van der Waals surface area contributed by atoms with Gasteiger partial charge in [0.05, 0.1) is 5.52 Å². The molecule has 0 saturated carbocycles. The molecule has 3 amide bonds. The first kappa shape index (κ1) is 21.2. The zero-order valence-electron chi connectivity index (χ0n) is 17.5. The molecule has 32 heavy (non-hydrogen) atoms. The standard InChI is InChI=1S/C24H23N5O3/c1-2-22(30)27-19-7-5-16(6-8-19)24(32)29-10-9-15(14-29)11-21-26-13-18-4-3-17(23(25)31)12-20(18)28-21/h2-8,12-13,15H,1,9-11,14H2,(H2,25,31)(H,27,30)/t15-/m0/s1. The monoisotopic (exact) mass is 429 g/mol. The Balaban J connectivity index is 1.40. The lowest BCUT2D eigenvalue weighted by Crippen LogP contribution is -2.29. The molecule has 2 aromatic carbocycles. The number of nitrogens with two attached hydrogens (primary N) is 1. The van der Waals surface area contributed by atoms with Crippen molar-refractivity contribution in [1.29, 1.82) is 0 Å². The maximum Gasteiger partial charge on any atom is 0.253 e. The molecule has 1 aliphatic heterocycles.